The van der Waals surface area contributed by atoms with Crippen LogP contribution in [0.25, 0.3) is 70.8 Å². The molecule has 162 valence electrons. The number of rotatable bonds is 1. The van der Waals surface area contributed by atoms with Crippen molar-refractivity contribution in [2.75, 3.05) is 0 Å². The molecule has 8 aromatic rings. The van der Waals surface area contributed by atoms with Gasteiger partial charge < -0.3 is 4.40 Å². The lowest BCUT2D eigenvalue weighted by atomic mass is 9.88. The zero-order chi connectivity index (χ0) is 22.9. The zero-order valence-electron chi connectivity index (χ0n) is 18.9. The van der Waals surface area contributed by atoms with Crippen molar-refractivity contribution in [2.45, 2.75) is 0 Å². The second kappa shape index (κ2) is 6.91. The molecule has 0 amide bonds. The maximum atomic E-state index is 5.00. The van der Waals surface area contributed by atoms with Gasteiger partial charge in [0.1, 0.15) is 5.65 Å². The lowest BCUT2D eigenvalue weighted by molar-refractivity contribution is 1.19. The number of hydrogen-bond donors (Lipinski definition) is 0. The Bertz CT molecular complexity index is 2080. The number of aromatic nitrogens is 2. The highest BCUT2D eigenvalue weighted by Gasteiger charge is 2.16. The lowest BCUT2D eigenvalue weighted by Gasteiger charge is -2.15. The van der Waals surface area contributed by atoms with Crippen LogP contribution in [0.4, 0.5) is 0 Å². The summed E-state index contributed by atoms with van der Waals surface area (Å²) in [4.78, 5) is 5.00. The molecule has 2 aromatic heterocycles. The molecule has 0 fully saturated rings. The summed E-state index contributed by atoms with van der Waals surface area (Å²) in [5.41, 5.74) is 3.12. The van der Waals surface area contributed by atoms with Crippen LogP contribution in [0, 0.1) is 0 Å². The van der Waals surface area contributed by atoms with Gasteiger partial charge in [-0.3, -0.25) is 0 Å². The average Bonchev–Trinajstić information content (AvgIpc) is 3.35. The normalized spacial score (nSPS) is 12.0. The summed E-state index contributed by atoms with van der Waals surface area (Å²) in [6.07, 6.45) is 4.20. The highest BCUT2D eigenvalue weighted by molar-refractivity contribution is 6.34. The first-order valence-corrected chi connectivity index (χ1v) is 12.0. The minimum absolute atomic E-state index is 0.959. The van der Waals surface area contributed by atoms with E-state index < -0.39 is 0 Å². The van der Waals surface area contributed by atoms with Crippen LogP contribution in [0.2, 0.25) is 0 Å². The molecule has 0 radical (unpaired) electrons. The predicted octanol–water partition coefficient (Wildman–Crippen LogP) is 8.77. The summed E-state index contributed by atoms with van der Waals surface area (Å²) in [7, 11) is 0. The quantitative estimate of drug-likeness (QED) is 0.231. The van der Waals surface area contributed by atoms with Crippen molar-refractivity contribution in [3.8, 4) is 11.3 Å². The minimum atomic E-state index is 0.959. The van der Waals surface area contributed by atoms with Gasteiger partial charge in [0.05, 0.1) is 5.69 Å². The van der Waals surface area contributed by atoms with Gasteiger partial charge in [0.15, 0.2) is 0 Å². The van der Waals surface area contributed by atoms with E-state index in [0.717, 1.165) is 11.3 Å². The van der Waals surface area contributed by atoms with Gasteiger partial charge in [-0.1, -0.05) is 91.0 Å². The fraction of sp³-hybridized carbons (Fsp3) is 0. The number of benzene rings is 5. The first kappa shape index (κ1) is 18.7. The van der Waals surface area contributed by atoms with Crippen molar-refractivity contribution in [3.63, 3.8) is 0 Å². The topological polar surface area (TPSA) is 17.3 Å². The van der Waals surface area contributed by atoms with Gasteiger partial charge in [-0.25, -0.2) is 4.98 Å². The Kier molecular flexibility index (Phi) is 3.69. The summed E-state index contributed by atoms with van der Waals surface area (Å²) >= 11 is 0. The van der Waals surface area contributed by atoms with Gasteiger partial charge in [-0.2, -0.15) is 0 Å². The Morgan fingerprint density at radius 1 is 0.486 bits per heavy atom. The average molecular weight is 445 g/mol. The van der Waals surface area contributed by atoms with Gasteiger partial charge in [-0.05, 0) is 72.1 Å². The fourth-order valence-electron chi connectivity index (χ4n) is 5.88. The van der Waals surface area contributed by atoms with Crippen molar-refractivity contribution < 1.29 is 0 Å². The third kappa shape index (κ3) is 2.57. The zero-order valence-corrected chi connectivity index (χ0v) is 18.9. The molecule has 8 rings (SSSR count). The summed E-state index contributed by atoms with van der Waals surface area (Å²) in [5, 5.41) is 12.8. The summed E-state index contributed by atoms with van der Waals surface area (Å²) in [6, 6.07) is 39.5. The van der Waals surface area contributed by atoms with E-state index in [1.807, 2.05) is 12.1 Å². The maximum Gasteiger partial charge on any atom is 0.137 e. The molecule has 0 aliphatic heterocycles. The molecule has 0 atom stereocenters. The van der Waals surface area contributed by atoms with E-state index in [0.29, 0.717) is 0 Å². The SMILES string of the molecule is c1ccc2c(c1)c1ccccc1c1cccc3c(-c4cn5ccccc5n4)cc4cccc2c4c31. The summed E-state index contributed by atoms with van der Waals surface area (Å²) < 4.78 is 2.10. The van der Waals surface area contributed by atoms with Crippen LogP contribution in [-0.2, 0) is 0 Å². The number of fused-ring (bicyclic) bond motifs is 6. The largest absolute Gasteiger partial charge is 0.306 e. The van der Waals surface area contributed by atoms with E-state index in [9.17, 15) is 0 Å². The third-order valence-corrected chi connectivity index (χ3v) is 7.37. The fourth-order valence-corrected chi connectivity index (χ4v) is 5.88. The van der Waals surface area contributed by atoms with Crippen LogP contribution in [-0.4, -0.2) is 9.38 Å². The van der Waals surface area contributed by atoms with Gasteiger partial charge in [-0.15, -0.1) is 0 Å². The Morgan fingerprint density at radius 3 is 1.77 bits per heavy atom. The molecular weight excluding hydrogens is 424 g/mol. The molecular formula is C33H20N2. The molecule has 0 saturated carbocycles. The maximum absolute atomic E-state index is 5.00. The molecule has 2 nitrogen and oxygen atoms in total. The van der Waals surface area contributed by atoms with Crippen molar-refractivity contribution in [1.29, 1.82) is 0 Å². The standard InChI is InChI=1S/C33H20N2/c1-3-12-24-22(10-1)23-11-2-4-13-25(23)27-15-8-16-28-29(30-20-35-18-6-5-17-31(35)34-30)19-21-9-7-14-26(24)32(21)33(27)28/h1-20H. The van der Waals surface area contributed by atoms with Crippen LogP contribution in [0.3, 0.4) is 0 Å². The molecule has 0 aliphatic carbocycles. The lowest BCUT2D eigenvalue weighted by Crippen LogP contribution is -1.89. The molecule has 0 aliphatic rings. The Balaban J connectivity index is 1.69. The number of nitrogens with zero attached hydrogens (tertiary/aromatic N) is 2. The van der Waals surface area contributed by atoms with E-state index in [1.54, 1.807) is 0 Å². The molecule has 0 bridgehead atoms. The van der Waals surface area contributed by atoms with Crippen LogP contribution >= 0.6 is 0 Å². The van der Waals surface area contributed by atoms with Crippen LogP contribution in [0.5, 0.6) is 0 Å². The van der Waals surface area contributed by atoms with E-state index in [2.05, 4.69) is 114 Å². The minimum Gasteiger partial charge on any atom is -0.306 e. The van der Waals surface area contributed by atoms with Crippen molar-refractivity contribution >= 4 is 59.5 Å². The Hall–Kier alpha value is -4.69. The van der Waals surface area contributed by atoms with Crippen LogP contribution in [0.1, 0.15) is 0 Å². The van der Waals surface area contributed by atoms with E-state index >= 15 is 0 Å². The number of imidazole rings is 1. The molecule has 35 heavy (non-hydrogen) atoms. The highest BCUT2D eigenvalue weighted by atomic mass is 15.0. The van der Waals surface area contributed by atoms with E-state index in [4.69, 9.17) is 4.98 Å². The molecule has 0 unspecified atom stereocenters. The van der Waals surface area contributed by atoms with Crippen molar-refractivity contribution in [1.82, 2.24) is 9.38 Å². The van der Waals surface area contributed by atoms with Crippen molar-refractivity contribution in [2.24, 2.45) is 0 Å². The second-order valence-corrected chi connectivity index (χ2v) is 9.24. The molecule has 0 spiro atoms. The monoisotopic (exact) mass is 444 g/mol. The predicted molar refractivity (Wildman–Crippen MR) is 148 cm³/mol. The first-order chi connectivity index (χ1) is 17.4. The smallest absolute Gasteiger partial charge is 0.137 e. The van der Waals surface area contributed by atoms with Gasteiger partial charge in [0.2, 0.25) is 0 Å². The molecule has 0 N–H and O–H groups in total. The third-order valence-electron chi connectivity index (χ3n) is 7.37. The van der Waals surface area contributed by atoms with Gasteiger partial charge in [0.25, 0.3) is 0 Å². The summed E-state index contributed by atoms with van der Waals surface area (Å²) in [6.45, 7) is 0. The summed E-state index contributed by atoms with van der Waals surface area (Å²) in [5.74, 6) is 0. The van der Waals surface area contributed by atoms with E-state index in [-0.39, 0.29) is 0 Å². The van der Waals surface area contributed by atoms with E-state index in [1.165, 1.54) is 59.4 Å². The Labute approximate surface area is 201 Å². The van der Waals surface area contributed by atoms with Crippen LogP contribution < -0.4 is 0 Å². The molecule has 2 heteroatoms. The number of pyridine rings is 1. The molecule has 6 aromatic carbocycles. The Morgan fingerprint density at radius 2 is 1.06 bits per heavy atom. The van der Waals surface area contributed by atoms with Crippen LogP contribution in [0.15, 0.2) is 122 Å². The number of hydrogen-bond acceptors (Lipinski definition) is 1. The van der Waals surface area contributed by atoms with Gasteiger partial charge >= 0.3 is 0 Å². The van der Waals surface area contributed by atoms with Crippen molar-refractivity contribution in [3.05, 3.63) is 122 Å². The van der Waals surface area contributed by atoms with Gasteiger partial charge in [0, 0.05) is 18.0 Å². The second-order valence-electron chi connectivity index (χ2n) is 9.24. The molecule has 0 saturated heterocycles. The first-order valence-electron chi connectivity index (χ1n) is 12.0. The molecule has 2 heterocycles. The highest BCUT2D eigenvalue weighted by Crippen LogP contribution is 2.43.